The molecule has 1 aromatic heterocycles. The van der Waals surface area contributed by atoms with Crippen molar-refractivity contribution in [3.63, 3.8) is 0 Å². The molecule has 1 N–H and O–H groups in total. The highest BCUT2D eigenvalue weighted by Crippen LogP contribution is 2.10. The summed E-state index contributed by atoms with van der Waals surface area (Å²) in [7, 11) is 2.14. The van der Waals surface area contributed by atoms with Crippen molar-refractivity contribution in [3.05, 3.63) is 52.0 Å². The molecule has 1 aromatic carbocycles. The number of rotatable bonds is 7. The third kappa shape index (κ3) is 5.04. The molecular formula is C16H23N3S. The molecule has 1 heterocycles. The lowest BCUT2D eigenvalue weighted by Gasteiger charge is -2.16. The number of aromatic nitrogens is 1. The second-order valence-corrected chi connectivity index (χ2v) is 6.23. The van der Waals surface area contributed by atoms with Crippen LogP contribution in [0.3, 0.4) is 0 Å². The summed E-state index contributed by atoms with van der Waals surface area (Å²) in [5.74, 6) is 0. The summed E-state index contributed by atoms with van der Waals surface area (Å²) >= 11 is 1.65. The van der Waals surface area contributed by atoms with E-state index in [4.69, 9.17) is 0 Å². The maximum Gasteiger partial charge on any atom is 0.0795 e. The fraction of sp³-hybridized carbons (Fsp3) is 0.438. The molecule has 3 nitrogen and oxygen atoms in total. The van der Waals surface area contributed by atoms with Crippen molar-refractivity contribution in [2.75, 3.05) is 7.05 Å². The van der Waals surface area contributed by atoms with Crippen molar-refractivity contribution < 1.29 is 0 Å². The van der Waals surface area contributed by atoms with Gasteiger partial charge in [-0.25, -0.2) is 4.98 Å². The summed E-state index contributed by atoms with van der Waals surface area (Å²) in [6.07, 6.45) is 0. The van der Waals surface area contributed by atoms with Crippen LogP contribution in [0.2, 0.25) is 0 Å². The predicted octanol–water partition coefficient (Wildman–Crippen LogP) is 3.27. The van der Waals surface area contributed by atoms with Gasteiger partial charge in [0.05, 0.1) is 11.2 Å². The molecule has 0 saturated heterocycles. The Morgan fingerprint density at radius 2 is 2.05 bits per heavy atom. The standard InChI is InChI=1S/C16H23N3S/c1-13(2)17-8-14-5-4-6-15(7-14)9-19(3)10-16-11-20-12-18-16/h4-7,11-13,17H,8-10H2,1-3H3. The first-order valence-electron chi connectivity index (χ1n) is 7.00. The van der Waals surface area contributed by atoms with E-state index in [2.05, 4.69) is 65.7 Å². The highest BCUT2D eigenvalue weighted by atomic mass is 32.1. The smallest absolute Gasteiger partial charge is 0.0795 e. The Kier molecular flexibility index (Phi) is 5.71. The SMILES string of the molecule is CC(C)NCc1cccc(CN(C)Cc2cscn2)c1. The van der Waals surface area contributed by atoms with Gasteiger partial charge in [-0.05, 0) is 18.2 Å². The average Bonchev–Trinajstić information content (AvgIpc) is 2.89. The van der Waals surface area contributed by atoms with Gasteiger partial charge in [-0.1, -0.05) is 38.1 Å². The van der Waals surface area contributed by atoms with E-state index in [9.17, 15) is 0 Å². The normalized spacial score (nSPS) is 11.4. The maximum atomic E-state index is 4.33. The molecule has 0 amide bonds. The minimum absolute atomic E-state index is 0.519. The third-order valence-corrected chi connectivity index (χ3v) is 3.71. The van der Waals surface area contributed by atoms with Crippen LogP contribution in [0.5, 0.6) is 0 Å². The fourth-order valence-electron chi connectivity index (χ4n) is 2.12. The monoisotopic (exact) mass is 289 g/mol. The summed E-state index contributed by atoms with van der Waals surface area (Å²) in [6, 6.07) is 9.32. The lowest BCUT2D eigenvalue weighted by atomic mass is 10.1. The van der Waals surface area contributed by atoms with E-state index in [-0.39, 0.29) is 0 Å². The van der Waals surface area contributed by atoms with Crippen molar-refractivity contribution in [1.82, 2.24) is 15.2 Å². The molecule has 0 aliphatic carbocycles. The van der Waals surface area contributed by atoms with Crippen molar-refractivity contribution in [3.8, 4) is 0 Å². The minimum atomic E-state index is 0.519. The van der Waals surface area contributed by atoms with Crippen molar-refractivity contribution >= 4 is 11.3 Å². The predicted molar refractivity (Wildman–Crippen MR) is 85.7 cm³/mol. The molecular weight excluding hydrogens is 266 g/mol. The second kappa shape index (κ2) is 7.53. The number of benzene rings is 1. The molecule has 108 valence electrons. The van der Waals surface area contributed by atoms with Gasteiger partial charge in [-0.3, -0.25) is 4.90 Å². The molecule has 0 bridgehead atoms. The first-order valence-corrected chi connectivity index (χ1v) is 7.94. The van der Waals surface area contributed by atoms with Crippen LogP contribution >= 0.6 is 11.3 Å². The van der Waals surface area contributed by atoms with Crippen LogP contribution in [0.25, 0.3) is 0 Å². The van der Waals surface area contributed by atoms with E-state index in [1.54, 1.807) is 11.3 Å². The highest BCUT2D eigenvalue weighted by molar-refractivity contribution is 7.07. The van der Waals surface area contributed by atoms with Gasteiger partial charge < -0.3 is 5.32 Å². The molecule has 0 spiro atoms. The third-order valence-electron chi connectivity index (χ3n) is 3.07. The Bertz CT molecular complexity index is 508. The average molecular weight is 289 g/mol. The van der Waals surface area contributed by atoms with Crippen molar-refractivity contribution in [1.29, 1.82) is 0 Å². The molecule has 20 heavy (non-hydrogen) atoms. The molecule has 0 aliphatic heterocycles. The second-order valence-electron chi connectivity index (χ2n) is 5.51. The molecule has 0 fully saturated rings. The topological polar surface area (TPSA) is 28.2 Å². The first-order chi connectivity index (χ1) is 9.63. The molecule has 0 atom stereocenters. The summed E-state index contributed by atoms with van der Waals surface area (Å²) < 4.78 is 0. The number of hydrogen-bond donors (Lipinski definition) is 1. The van der Waals surface area contributed by atoms with E-state index in [0.29, 0.717) is 6.04 Å². The lowest BCUT2D eigenvalue weighted by molar-refractivity contribution is 0.315. The summed E-state index contributed by atoms with van der Waals surface area (Å²) in [5, 5.41) is 5.57. The van der Waals surface area contributed by atoms with E-state index in [1.807, 2.05) is 5.51 Å². The molecule has 4 heteroatoms. The van der Waals surface area contributed by atoms with Gasteiger partial charge >= 0.3 is 0 Å². The fourth-order valence-corrected chi connectivity index (χ4v) is 2.67. The lowest BCUT2D eigenvalue weighted by Crippen LogP contribution is -2.22. The van der Waals surface area contributed by atoms with E-state index in [1.165, 1.54) is 11.1 Å². The van der Waals surface area contributed by atoms with Crippen LogP contribution in [-0.4, -0.2) is 23.0 Å². The van der Waals surface area contributed by atoms with Crippen LogP contribution < -0.4 is 5.32 Å². The zero-order valence-electron chi connectivity index (χ0n) is 12.5. The Morgan fingerprint density at radius 3 is 2.75 bits per heavy atom. The molecule has 0 saturated carbocycles. The minimum Gasteiger partial charge on any atom is -0.310 e. The van der Waals surface area contributed by atoms with Crippen LogP contribution in [0.1, 0.15) is 30.7 Å². The number of nitrogens with zero attached hydrogens (tertiary/aromatic N) is 2. The molecule has 0 radical (unpaired) electrons. The van der Waals surface area contributed by atoms with Gasteiger partial charge in [0.1, 0.15) is 0 Å². The highest BCUT2D eigenvalue weighted by Gasteiger charge is 2.04. The van der Waals surface area contributed by atoms with Crippen LogP contribution in [0.15, 0.2) is 35.2 Å². The molecule has 0 aliphatic rings. The number of hydrogen-bond acceptors (Lipinski definition) is 4. The summed E-state index contributed by atoms with van der Waals surface area (Å²) in [4.78, 5) is 6.63. The first kappa shape index (κ1) is 15.2. The Morgan fingerprint density at radius 1 is 1.25 bits per heavy atom. The van der Waals surface area contributed by atoms with E-state index < -0.39 is 0 Å². The van der Waals surface area contributed by atoms with Gasteiger partial charge in [-0.15, -0.1) is 11.3 Å². The summed E-state index contributed by atoms with van der Waals surface area (Å²) in [6.45, 7) is 7.13. The Labute approximate surface area is 125 Å². The number of thiazole rings is 1. The van der Waals surface area contributed by atoms with E-state index >= 15 is 0 Å². The van der Waals surface area contributed by atoms with Crippen LogP contribution in [-0.2, 0) is 19.6 Å². The molecule has 2 aromatic rings. The molecule has 0 unspecified atom stereocenters. The van der Waals surface area contributed by atoms with Crippen molar-refractivity contribution in [2.24, 2.45) is 0 Å². The van der Waals surface area contributed by atoms with Gasteiger partial charge in [0.25, 0.3) is 0 Å². The zero-order chi connectivity index (χ0) is 14.4. The van der Waals surface area contributed by atoms with Gasteiger partial charge in [0, 0.05) is 31.1 Å². The Hall–Kier alpha value is -1.23. The van der Waals surface area contributed by atoms with Gasteiger partial charge in [0.15, 0.2) is 0 Å². The van der Waals surface area contributed by atoms with E-state index in [0.717, 1.165) is 25.3 Å². The maximum absolute atomic E-state index is 4.33. The van der Waals surface area contributed by atoms with Gasteiger partial charge in [-0.2, -0.15) is 0 Å². The zero-order valence-corrected chi connectivity index (χ0v) is 13.3. The Balaban J connectivity index is 1.90. The van der Waals surface area contributed by atoms with Gasteiger partial charge in [0.2, 0.25) is 0 Å². The van der Waals surface area contributed by atoms with Crippen LogP contribution in [0.4, 0.5) is 0 Å². The quantitative estimate of drug-likeness (QED) is 0.848. The summed E-state index contributed by atoms with van der Waals surface area (Å²) in [5.41, 5.74) is 5.74. The van der Waals surface area contributed by atoms with Crippen LogP contribution in [0, 0.1) is 0 Å². The molecule has 2 rings (SSSR count). The number of nitrogens with one attached hydrogen (secondary N) is 1. The largest absolute Gasteiger partial charge is 0.310 e. The van der Waals surface area contributed by atoms with Crippen molar-refractivity contribution in [2.45, 2.75) is 39.5 Å².